The lowest BCUT2D eigenvalue weighted by Crippen LogP contribution is -2.22. The monoisotopic (exact) mass is 404 g/mol. The van der Waals surface area contributed by atoms with Crippen LogP contribution in [0, 0.1) is 0 Å². The molecule has 0 aliphatic rings. The Labute approximate surface area is 145 Å². The average Bonchev–Trinajstić information content (AvgIpc) is 2.52. The Hall–Kier alpha value is -1.87. The number of benzene rings is 1. The lowest BCUT2D eigenvalue weighted by atomic mass is 10.2. The van der Waals surface area contributed by atoms with E-state index in [4.69, 9.17) is 5.11 Å². The topological polar surface area (TPSA) is 70.1 Å². The van der Waals surface area contributed by atoms with Gasteiger partial charge in [0, 0.05) is 23.1 Å². The summed E-state index contributed by atoms with van der Waals surface area (Å²) in [5.74, 6) is -0.145. The standard InChI is InChI=1S/C15H16BrF3N4O/c1-9(8-24)21-14-22-12(15(17,18)19)6-13(23-14)20-7-10-3-2-4-11(16)5-10/h2-6,9,24H,7-8H2,1H3,(H2,20,21,22,23)/t9-/m1/s1. The fraction of sp³-hybridized carbons (Fsp3) is 0.333. The summed E-state index contributed by atoms with van der Waals surface area (Å²) < 4.78 is 39.8. The molecule has 2 rings (SSSR count). The fourth-order valence-electron chi connectivity index (χ4n) is 1.85. The van der Waals surface area contributed by atoms with Gasteiger partial charge in [0.15, 0.2) is 5.69 Å². The number of anilines is 2. The molecule has 3 N–H and O–H groups in total. The van der Waals surface area contributed by atoms with E-state index in [2.05, 4.69) is 36.5 Å². The molecule has 1 aromatic carbocycles. The molecule has 5 nitrogen and oxygen atoms in total. The molecule has 0 aliphatic heterocycles. The van der Waals surface area contributed by atoms with E-state index in [9.17, 15) is 13.2 Å². The molecule has 0 radical (unpaired) electrons. The number of rotatable bonds is 6. The van der Waals surface area contributed by atoms with Gasteiger partial charge >= 0.3 is 6.18 Å². The highest BCUT2D eigenvalue weighted by Gasteiger charge is 2.33. The number of nitrogens with one attached hydrogen (secondary N) is 2. The van der Waals surface area contributed by atoms with E-state index >= 15 is 0 Å². The van der Waals surface area contributed by atoms with E-state index in [0.29, 0.717) is 6.54 Å². The van der Waals surface area contributed by atoms with Crippen molar-refractivity contribution < 1.29 is 18.3 Å². The van der Waals surface area contributed by atoms with Gasteiger partial charge in [-0.3, -0.25) is 0 Å². The van der Waals surface area contributed by atoms with Crippen LogP contribution in [0.25, 0.3) is 0 Å². The molecule has 1 heterocycles. The van der Waals surface area contributed by atoms with E-state index in [1.807, 2.05) is 24.3 Å². The van der Waals surface area contributed by atoms with Crippen LogP contribution in [0.2, 0.25) is 0 Å². The minimum atomic E-state index is -4.59. The molecule has 130 valence electrons. The first-order valence-electron chi connectivity index (χ1n) is 7.10. The van der Waals surface area contributed by atoms with Crippen molar-refractivity contribution in [1.29, 1.82) is 0 Å². The van der Waals surface area contributed by atoms with E-state index in [1.54, 1.807) is 6.92 Å². The van der Waals surface area contributed by atoms with Gasteiger partial charge in [-0.1, -0.05) is 28.1 Å². The normalized spacial score (nSPS) is 12.8. The van der Waals surface area contributed by atoms with Crippen LogP contribution in [0.5, 0.6) is 0 Å². The first-order valence-corrected chi connectivity index (χ1v) is 7.89. The Morgan fingerprint density at radius 2 is 2.00 bits per heavy atom. The van der Waals surface area contributed by atoms with Crippen molar-refractivity contribution in [2.45, 2.75) is 25.7 Å². The van der Waals surface area contributed by atoms with Crippen molar-refractivity contribution in [2.75, 3.05) is 17.2 Å². The maximum atomic E-state index is 13.0. The zero-order chi connectivity index (χ0) is 17.7. The van der Waals surface area contributed by atoms with Crippen LogP contribution < -0.4 is 10.6 Å². The second kappa shape index (κ2) is 7.80. The molecule has 0 aliphatic carbocycles. The van der Waals surface area contributed by atoms with Crippen molar-refractivity contribution >= 4 is 27.7 Å². The van der Waals surface area contributed by atoms with Gasteiger partial charge in [0.25, 0.3) is 0 Å². The number of hydrogen-bond donors (Lipinski definition) is 3. The Morgan fingerprint density at radius 1 is 1.25 bits per heavy atom. The molecule has 2 aromatic rings. The summed E-state index contributed by atoms with van der Waals surface area (Å²) >= 11 is 3.34. The predicted molar refractivity (Wildman–Crippen MR) is 88.7 cm³/mol. The largest absolute Gasteiger partial charge is 0.433 e. The number of alkyl halides is 3. The van der Waals surface area contributed by atoms with E-state index in [-0.39, 0.29) is 18.4 Å². The molecule has 1 aromatic heterocycles. The molecule has 0 saturated heterocycles. The number of hydrogen-bond acceptors (Lipinski definition) is 5. The molecule has 1 atom stereocenters. The van der Waals surface area contributed by atoms with Crippen molar-refractivity contribution in [2.24, 2.45) is 0 Å². The third-order valence-corrected chi connectivity index (χ3v) is 3.52. The van der Waals surface area contributed by atoms with E-state index < -0.39 is 17.9 Å². The maximum absolute atomic E-state index is 13.0. The number of halogens is 4. The highest BCUT2D eigenvalue weighted by atomic mass is 79.9. The minimum absolute atomic E-state index is 0.0462. The molecule has 0 unspecified atom stereocenters. The van der Waals surface area contributed by atoms with Crippen LogP contribution in [0.15, 0.2) is 34.8 Å². The SMILES string of the molecule is C[C@H](CO)Nc1nc(NCc2cccc(Br)c2)cc(C(F)(F)F)n1. The van der Waals surface area contributed by atoms with Crippen molar-refractivity contribution in [1.82, 2.24) is 9.97 Å². The molecular formula is C15H16BrF3N4O. The van der Waals surface area contributed by atoms with Crippen molar-refractivity contribution in [3.8, 4) is 0 Å². The van der Waals surface area contributed by atoms with E-state index in [1.165, 1.54) is 0 Å². The first kappa shape index (κ1) is 18.5. The zero-order valence-corrected chi connectivity index (χ0v) is 14.3. The Morgan fingerprint density at radius 3 is 2.62 bits per heavy atom. The second-order valence-corrected chi connectivity index (χ2v) is 6.09. The Bertz CT molecular complexity index is 697. The van der Waals surface area contributed by atoms with Gasteiger partial charge in [-0.15, -0.1) is 0 Å². The third-order valence-electron chi connectivity index (χ3n) is 3.03. The fourth-order valence-corrected chi connectivity index (χ4v) is 2.30. The van der Waals surface area contributed by atoms with Crippen LogP contribution in [0.3, 0.4) is 0 Å². The lowest BCUT2D eigenvalue weighted by Gasteiger charge is -2.15. The Balaban J connectivity index is 2.22. The summed E-state index contributed by atoms with van der Waals surface area (Å²) in [7, 11) is 0. The van der Waals surface area contributed by atoms with E-state index in [0.717, 1.165) is 16.1 Å². The number of aliphatic hydroxyl groups excluding tert-OH is 1. The molecular weight excluding hydrogens is 389 g/mol. The average molecular weight is 405 g/mol. The summed E-state index contributed by atoms with van der Waals surface area (Å²) in [6.07, 6.45) is -4.59. The van der Waals surface area contributed by atoms with Gasteiger partial charge in [-0.25, -0.2) is 4.98 Å². The number of aromatic nitrogens is 2. The maximum Gasteiger partial charge on any atom is 0.433 e. The Kier molecular flexibility index (Phi) is 6.00. The molecule has 0 amide bonds. The van der Waals surface area contributed by atoms with Gasteiger partial charge < -0.3 is 15.7 Å². The van der Waals surface area contributed by atoms with Gasteiger partial charge in [0.1, 0.15) is 5.82 Å². The van der Waals surface area contributed by atoms with Crippen molar-refractivity contribution in [3.63, 3.8) is 0 Å². The molecule has 24 heavy (non-hydrogen) atoms. The summed E-state index contributed by atoms with van der Waals surface area (Å²) in [6, 6.07) is 7.77. The van der Waals surface area contributed by atoms with Crippen molar-refractivity contribution in [3.05, 3.63) is 46.1 Å². The smallest absolute Gasteiger partial charge is 0.394 e. The summed E-state index contributed by atoms with van der Waals surface area (Å²) in [5, 5.41) is 14.5. The summed E-state index contributed by atoms with van der Waals surface area (Å²) in [5.41, 5.74) is -0.170. The lowest BCUT2D eigenvalue weighted by molar-refractivity contribution is -0.141. The summed E-state index contributed by atoms with van der Waals surface area (Å²) in [4.78, 5) is 7.47. The van der Waals surface area contributed by atoms with Crippen LogP contribution >= 0.6 is 15.9 Å². The summed E-state index contributed by atoms with van der Waals surface area (Å²) in [6.45, 7) is 1.67. The minimum Gasteiger partial charge on any atom is -0.394 e. The number of nitrogens with zero attached hydrogens (tertiary/aromatic N) is 2. The first-order chi connectivity index (χ1) is 11.3. The van der Waals surface area contributed by atoms with Gasteiger partial charge in [0.05, 0.1) is 6.61 Å². The van der Waals surface area contributed by atoms with Crippen LogP contribution in [-0.4, -0.2) is 27.7 Å². The zero-order valence-electron chi connectivity index (χ0n) is 12.7. The molecule has 9 heteroatoms. The third kappa shape index (κ3) is 5.34. The predicted octanol–water partition coefficient (Wildman–Crippen LogP) is 3.66. The molecule has 0 bridgehead atoms. The highest BCUT2D eigenvalue weighted by Crippen LogP contribution is 2.30. The van der Waals surface area contributed by atoms with Crippen LogP contribution in [0.1, 0.15) is 18.2 Å². The van der Waals surface area contributed by atoms with Gasteiger partial charge in [-0.05, 0) is 24.6 Å². The molecule has 0 fully saturated rings. The second-order valence-electron chi connectivity index (χ2n) is 5.17. The van der Waals surface area contributed by atoms with Gasteiger partial charge in [0.2, 0.25) is 5.95 Å². The number of aliphatic hydroxyl groups is 1. The molecule has 0 spiro atoms. The molecule has 0 saturated carbocycles. The van der Waals surface area contributed by atoms with Gasteiger partial charge in [-0.2, -0.15) is 18.2 Å². The highest BCUT2D eigenvalue weighted by molar-refractivity contribution is 9.10. The van der Waals surface area contributed by atoms with Crippen LogP contribution in [0.4, 0.5) is 24.9 Å². The van der Waals surface area contributed by atoms with Crippen LogP contribution in [-0.2, 0) is 12.7 Å². The quantitative estimate of drug-likeness (QED) is 0.685.